The molecule has 0 aromatic heterocycles. The van der Waals surface area contributed by atoms with Crippen LogP contribution in [0.2, 0.25) is 0 Å². The maximum absolute atomic E-state index is 10.8. The molecule has 0 amide bonds. The topological polar surface area (TPSA) is 41.6 Å². The number of esters is 1. The average Bonchev–Trinajstić information content (AvgIpc) is 2.99. The molecule has 1 rings (SSSR count). The first-order valence-corrected chi connectivity index (χ1v) is 5.14. The Morgan fingerprint density at radius 2 is 2.29 bits per heavy atom. The number of hydrogen-bond donors (Lipinski definition) is 1. The first-order chi connectivity index (χ1) is 6.65. The van der Waals surface area contributed by atoms with E-state index in [1.54, 1.807) is 0 Å². The lowest BCUT2D eigenvalue weighted by Gasteiger charge is -2.24. The summed E-state index contributed by atoms with van der Waals surface area (Å²) >= 11 is 0. The second-order valence-electron chi connectivity index (χ2n) is 3.95. The minimum atomic E-state index is -0.203. The molecule has 82 valence electrons. The molecule has 0 aliphatic heterocycles. The van der Waals surface area contributed by atoms with Crippen molar-refractivity contribution in [2.24, 2.45) is 0 Å². The second-order valence-corrected chi connectivity index (χ2v) is 3.95. The molecule has 1 aliphatic carbocycles. The Labute approximate surface area is 85.6 Å². The molecule has 0 aromatic rings. The highest BCUT2D eigenvalue weighted by molar-refractivity contribution is 5.71. The molecule has 0 aromatic carbocycles. The lowest BCUT2D eigenvalue weighted by Crippen LogP contribution is -2.40. The van der Waals surface area contributed by atoms with Crippen LogP contribution in [-0.2, 0) is 9.53 Å². The largest absolute Gasteiger partial charge is 0.468 e. The van der Waals surface area contributed by atoms with Gasteiger partial charge in [-0.2, -0.15) is 0 Å². The van der Waals surface area contributed by atoms with Gasteiger partial charge < -0.3 is 10.1 Å². The lowest BCUT2D eigenvalue weighted by molar-refractivity contribution is -0.139. The lowest BCUT2D eigenvalue weighted by atomic mass is 10.3. The smallest absolute Gasteiger partial charge is 0.319 e. The molecule has 1 saturated carbocycles. The molecular formula is C10H20N2O2. The van der Waals surface area contributed by atoms with Gasteiger partial charge in [-0.25, -0.2) is 0 Å². The van der Waals surface area contributed by atoms with Gasteiger partial charge in [0.2, 0.25) is 0 Å². The van der Waals surface area contributed by atoms with Crippen molar-refractivity contribution in [1.29, 1.82) is 0 Å². The first kappa shape index (κ1) is 11.5. The number of ether oxygens (including phenoxy) is 1. The van der Waals surface area contributed by atoms with E-state index in [2.05, 4.69) is 28.9 Å². The van der Waals surface area contributed by atoms with Gasteiger partial charge in [0.05, 0.1) is 13.7 Å². The molecule has 0 saturated heterocycles. The summed E-state index contributed by atoms with van der Waals surface area (Å²) < 4.78 is 4.54. The quantitative estimate of drug-likeness (QED) is 0.623. The van der Waals surface area contributed by atoms with Crippen LogP contribution in [0.3, 0.4) is 0 Å². The van der Waals surface area contributed by atoms with Crippen LogP contribution in [0.1, 0.15) is 19.8 Å². The van der Waals surface area contributed by atoms with Crippen LogP contribution in [-0.4, -0.2) is 50.2 Å². The summed E-state index contributed by atoms with van der Waals surface area (Å²) in [5.74, 6) is -0.203. The Morgan fingerprint density at radius 3 is 2.79 bits per heavy atom. The molecule has 4 heteroatoms. The minimum Gasteiger partial charge on any atom is -0.468 e. The van der Waals surface area contributed by atoms with E-state index in [1.807, 2.05) is 0 Å². The second kappa shape index (κ2) is 5.32. The highest BCUT2D eigenvalue weighted by atomic mass is 16.5. The fourth-order valence-corrected chi connectivity index (χ4v) is 1.44. The summed E-state index contributed by atoms with van der Waals surface area (Å²) in [5, 5.41) is 3.08. The van der Waals surface area contributed by atoms with Crippen LogP contribution in [0.4, 0.5) is 0 Å². The van der Waals surface area contributed by atoms with Gasteiger partial charge in [0.15, 0.2) is 0 Å². The molecule has 14 heavy (non-hydrogen) atoms. The highest BCUT2D eigenvalue weighted by Crippen LogP contribution is 2.26. The highest BCUT2D eigenvalue weighted by Gasteiger charge is 2.28. The third-order valence-electron chi connectivity index (χ3n) is 2.75. The Bertz CT molecular complexity index is 193. The Hall–Kier alpha value is -0.610. The standard InChI is InChI=1S/C10H20N2O2/c1-8(12(2)9-4-5-9)6-11-7-10(13)14-3/h8-9,11H,4-7H2,1-3H3. The number of nitrogens with one attached hydrogen (secondary N) is 1. The van der Waals surface area contributed by atoms with E-state index >= 15 is 0 Å². The van der Waals surface area contributed by atoms with Crippen molar-refractivity contribution in [3.05, 3.63) is 0 Å². The van der Waals surface area contributed by atoms with Gasteiger partial charge >= 0.3 is 5.97 Å². The van der Waals surface area contributed by atoms with Gasteiger partial charge in [0.1, 0.15) is 0 Å². The van der Waals surface area contributed by atoms with Crippen LogP contribution >= 0.6 is 0 Å². The van der Waals surface area contributed by atoms with E-state index in [1.165, 1.54) is 20.0 Å². The predicted molar refractivity (Wildman–Crippen MR) is 55.1 cm³/mol. The van der Waals surface area contributed by atoms with Gasteiger partial charge in [-0.05, 0) is 26.8 Å². The first-order valence-electron chi connectivity index (χ1n) is 5.14. The van der Waals surface area contributed by atoms with Gasteiger partial charge in [-0.1, -0.05) is 0 Å². The zero-order valence-corrected chi connectivity index (χ0v) is 9.25. The monoisotopic (exact) mass is 200 g/mol. The van der Waals surface area contributed by atoms with Crippen molar-refractivity contribution < 1.29 is 9.53 Å². The Kier molecular flexibility index (Phi) is 4.35. The van der Waals surface area contributed by atoms with E-state index in [-0.39, 0.29) is 5.97 Å². The SMILES string of the molecule is COC(=O)CNCC(C)N(C)C1CC1. The van der Waals surface area contributed by atoms with Crippen LogP contribution in [0, 0.1) is 0 Å². The van der Waals surface area contributed by atoms with Crippen molar-refractivity contribution in [2.75, 3.05) is 27.2 Å². The minimum absolute atomic E-state index is 0.203. The fourth-order valence-electron chi connectivity index (χ4n) is 1.44. The molecule has 0 bridgehead atoms. The Balaban J connectivity index is 2.07. The normalized spacial score (nSPS) is 18.3. The summed E-state index contributed by atoms with van der Waals surface area (Å²) in [5.41, 5.74) is 0. The van der Waals surface area contributed by atoms with Crippen molar-refractivity contribution in [2.45, 2.75) is 31.8 Å². The van der Waals surface area contributed by atoms with E-state index in [4.69, 9.17) is 0 Å². The van der Waals surface area contributed by atoms with Crippen molar-refractivity contribution in [3.63, 3.8) is 0 Å². The van der Waals surface area contributed by atoms with Gasteiger partial charge in [-0.15, -0.1) is 0 Å². The van der Waals surface area contributed by atoms with E-state index in [0.717, 1.165) is 12.6 Å². The molecule has 1 unspecified atom stereocenters. The summed E-state index contributed by atoms with van der Waals surface area (Å²) in [6.45, 7) is 3.31. The third-order valence-corrected chi connectivity index (χ3v) is 2.75. The zero-order chi connectivity index (χ0) is 10.6. The number of nitrogens with zero attached hydrogens (tertiary/aromatic N) is 1. The number of carbonyl (C=O) groups excluding carboxylic acids is 1. The number of likely N-dealkylation sites (N-methyl/N-ethyl adjacent to an activating group) is 1. The van der Waals surface area contributed by atoms with Crippen LogP contribution in [0.15, 0.2) is 0 Å². The molecular weight excluding hydrogens is 180 g/mol. The number of carbonyl (C=O) groups is 1. The average molecular weight is 200 g/mol. The maximum atomic E-state index is 10.8. The number of methoxy groups -OCH3 is 1. The number of hydrogen-bond acceptors (Lipinski definition) is 4. The van der Waals surface area contributed by atoms with E-state index in [0.29, 0.717) is 12.6 Å². The van der Waals surface area contributed by atoms with E-state index < -0.39 is 0 Å². The number of rotatable bonds is 6. The van der Waals surface area contributed by atoms with Crippen molar-refractivity contribution in [1.82, 2.24) is 10.2 Å². The van der Waals surface area contributed by atoms with Gasteiger partial charge in [0, 0.05) is 18.6 Å². The molecule has 4 nitrogen and oxygen atoms in total. The summed E-state index contributed by atoms with van der Waals surface area (Å²) in [6.07, 6.45) is 2.63. The predicted octanol–water partition coefficient (Wildman–Crippen LogP) is 0.232. The fraction of sp³-hybridized carbons (Fsp3) is 0.900. The zero-order valence-electron chi connectivity index (χ0n) is 9.25. The summed E-state index contributed by atoms with van der Waals surface area (Å²) in [7, 11) is 3.55. The molecule has 1 aliphatic rings. The summed E-state index contributed by atoms with van der Waals surface area (Å²) in [6, 6.07) is 1.25. The van der Waals surface area contributed by atoms with Crippen LogP contribution in [0.5, 0.6) is 0 Å². The third kappa shape index (κ3) is 3.64. The maximum Gasteiger partial charge on any atom is 0.319 e. The molecule has 1 fully saturated rings. The Morgan fingerprint density at radius 1 is 1.64 bits per heavy atom. The van der Waals surface area contributed by atoms with Crippen molar-refractivity contribution >= 4 is 5.97 Å². The molecule has 1 N–H and O–H groups in total. The van der Waals surface area contributed by atoms with Crippen LogP contribution in [0.25, 0.3) is 0 Å². The molecule has 0 spiro atoms. The molecule has 1 atom stereocenters. The molecule has 0 heterocycles. The van der Waals surface area contributed by atoms with Gasteiger partial charge in [0.25, 0.3) is 0 Å². The van der Waals surface area contributed by atoms with Gasteiger partial charge in [-0.3, -0.25) is 9.69 Å². The van der Waals surface area contributed by atoms with Crippen molar-refractivity contribution in [3.8, 4) is 0 Å². The van der Waals surface area contributed by atoms with Crippen LogP contribution < -0.4 is 5.32 Å². The summed E-state index contributed by atoms with van der Waals surface area (Å²) in [4.78, 5) is 13.2. The van der Waals surface area contributed by atoms with E-state index in [9.17, 15) is 4.79 Å². The molecule has 0 radical (unpaired) electrons.